The van der Waals surface area contributed by atoms with Crippen molar-refractivity contribution >= 4 is 11.6 Å². The van der Waals surface area contributed by atoms with E-state index in [2.05, 4.69) is 16.9 Å². The third-order valence-electron chi connectivity index (χ3n) is 1.63. The molecule has 0 amide bonds. The first-order valence-corrected chi connectivity index (χ1v) is 4.41. The van der Waals surface area contributed by atoms with E-state index in [1.807, 2.05) is 0 Å². The first kappa shape index (κ1) is 11.2. The largest absolute Gasteiger partial charge is 0.384 e. The van der Waals surface area contributed by atoms with Crippen LogP contribution in [-0.4, -0.2) is 33.8 Å². The summed E-state index contributed by atoms with van der Waals surface area (Å²) in [5, 5.41) is 17.5. The van der Waals surface area contributed by atoms with Crippen LogP contribution in [-0.2, 0) is 11.3 Å². The highest BCUT2D eigenvalue weighted by Crippen LogP contribution is 2.13. The van der Waals surface area contributed by atoms with Crippen LogP contribution in [0, 0.1) is 0 Å². The molecular formula is C8H12ClN3O2. The lowest BCUT2D eigenvalue weighted by molar-refractivity contribution is 0.0589. The Morgan fingerprint density at radius 1 is 1.86 bits per heavy atom. The minimum Gasteiger partial charge on any atom is -0.384 e. The number of aliphatic hydroxyl groups excluding tert-OH is 1. The highest BCUT2D eigenvalue weighted by molar-refractivity contribution is 6.29. The Hall–Kier alpha value is -0.910. The van der Waals surface area contributed by atoms with E-state index in [0.717, 1.165) is 0 Å². The van der Waals surface area contributed by atoms with Gasteiger partial charge < -0.3 is 9.84 Å². The number of aromatic nitrogens is 3. The second kappa shape index (κ2) is 5.09. The maximum Gasteiger partial charge on any atom is 0.120 e. The van der Waals surface area contributed by atoms with Gasteiger partial charge in [0.25, 0.3) is 0 Å². The van der Waals surface area contributed by atoms with Crippen molar-refractivity contribution in [3.8, 4) is 0 Å². The van der Waals surface area contributed by atoms with Gasteiger partial charge in [-0.05, 0) is 0 Å². The molecule has 0 bridgehead atoms. The van der Waals surface area contributed by atoms with Gasteiger partial charge in [-0.1, -0.05) is 23.4 Å². The molecule has 1 atom stereocenters. The lowest BCUT2D eigenvalue weighted by atomic mass is 10.3. The summed E-state index contributed by atoms with van der Waals surface area (Å²) in [5.41, 5.74) is 0.564. The second-order valence-electron chi connectivity index (χ2n) is 2.80. The Morgan fingerprint density at radius 2 is 2.57 bits per heavy atom. The zero-order valence-electron chi connectivity index (χ0n) is 7.85. The number of halogens is 1. The summed E-state index contributed by atoms with van der Waals surface area (Å²) in [6.07, 6.45) is 0.731. The van der Waals surface area contributed by atoms with Gasteiger partial charge in [0.2, 0.25) is 0 Å². The average Bonchev–Trinajstić information content (AvgIpc) is 2.51. The molecule has 14 heavy (non-hydrogen) atoms. The summed E-state index contributed by atoms with van der Waals surface area (Å²) in [6.45, 7) is 4.07. The summed E-state index contributed by atoms with van der Waals surface area (Å²) >= 11 is 5.63. The Bertz CT molecular complexity index is 313. The van der Waals surface area contributed by atoms with Crippen LogP contribution in [0.15, 0.2) is 17.8 Å². The highest BCUT2D eigenvalue weighted by Gasteiger charge is 2.13. The number of nitrogens with zero attached hydrogens (tertiary/aromatic N) is 3. The molecule has 78 valence electrons. The molecule has 0 aromatic carbocycles. The van der Waals surface area contributed by atoms with Crippen molar-refractivity contribution in [2.75, 3.05) is 13.7 Å². The first-order valence-electron chi connectivity index (χ1n) is 4.03. The van der Waals surface area contributed by atoms with Crippen molar-refractivity contribution in [2.24, 2.45) is 0 Å². The third kappa shape index (κ3) is 2.80. The van der Waals surface area contributed by atoms with Crippen molar-refractivity contribution in [1.82, 2.24) is 15.0 Å². The van der Waals surface area contributed by atoms with Crippen LogP contribution in [0.1, 0.15) is 11.8 Å². The van der Waals surface area contributed by atoms with E-state index >= 15 is 0 Å². The normalized spacial score (nSPS) is 12.8. The van der Waals surface area contributed by atoms with Gasteiger partial charge in [0.1, 0.15) is 6.10 Å². The summed E-state index contributed by atoms with van der Waals surface area (Å²) in [6, 6.07) is 0. The molecule has 1 aromatic rings. The van der Waals surface area contributed by atoms with Crippen LogP contribution >= 0.6 is 11.6 Å². The number of hydrogen-bond donors (Lipinski definition) is 1. The number of allylic oxidation sites excluding steroid dienone is 1. The van der Waals surface area contributed by atoms with Crippen LogP contribution in [0.5, 0.6) is 0 Å². The van der Waals surface area contributed by atoms with Gasteiger partial charge >= 0.3 is 0 Å². The van der Waals surface area contributed by atoms with Crippen molar-refractivity contribution in [3.63, 3.8) is 0 Å². The molecule has 0 aliphatic heterocycles. The molecular weight excluding hydrogens is 206 g/mol. The molecule has 1 N–H and O–H groups in total. The van der Waals surface area contributed by atoms with Crippen molar-refractivity contribution in [1.29, 1.82) is 0 Å². The predicted octanol–water partition coefficient (Wildman–Crippen LogP) is 0.710. The smallest absolute Gasteiger partial charge is 0.120 e. The lowest BCUT2D eigenvalue weighted by Gasteiger charge is -2.10. The quantitative estimate of drug-likeness (QED) is 0.789. The minimum absolute atomic E-state index is 0.197. The number of aliphatic hydroxyl groups is 1. The average molecular weight is 218 g/mol. The van der Waals surface area contributed by atoms with Crippen molar-refractivity contribution < 1.29 is 9.84 Å². The van der Waals surface area contributed by atoms with Gasteiger partial charge in [-0.2, -0.15) is 0 Å². The standard InChI is InChI=1S/C8H12ClN3O2/c1-6(9)4-12-7(3-10-11-12)8(13)5-14-2/h3,8,13H,1,4-5H2,2H3/t8-/m1/s1. The molecule has 6 heteroatoms. The Kier molecular flexibility index (Phi) is 4.06. The Balaban J connectivity index is 2.75. The van der Waals surface area contributed by atoms with Crippen LogP contribution in [0.25, 0.3) is 0 Å². The molecule has 0 radical (unpaired) electrons. The zero-order chi connectivity index (χ0) is 10.6. The summed E-state index contributed by atoms with van der Waals surface area (Å²) < 4.78 is 6.30. The SMILES string of the molecule is C=C(Cl)Cn1nncc1[C@H](O)COC. The van der Waals surface area contributed by atoms with Crippen molar-refractivity contribution in [2.45, 2.75) is 12.6 Å². The van der Waals surface area contributed by atoms with Gasteiger partial charge in [-0.25, -0.2) is 4.68 Å². The molecule has 0 saturated carbocycles. The van der Waals surface area contributed by atoms with Gasteiger partial charge in [-0.3, -0.25) is 0 Å². The first-order chi connectivity index (χ1) is 6.65. The van der Waals surface area contributed by atoms with Crippen LogP contribution in [0.3, 0.4) is 0 Å². The van der Waals surface area contributed by atoms with E-state index in [4.69, 9.17) is 16.3 Å². The molecule has 0 fully saturated rings. The number of methoxy groups -OCH3 is 1. The number of hydrogen-bond acceptors (Lipinski definition) is 4. The fourth-order valence-corrected chi connectivity index (χ4v) is 1.17. The molecule has 0 spiro atoms. The second-order valence-corrected chi connectivity index (χ2v) is 3.34. The summed E-state index contributed by atoms with van der Waals surface area (Å²) in [7, 11) is 1.51. The van der Waals surface area contributed by atoms with Crippen molar-refractivity contribution in [3.05, 3.63) is 23.5 Å². The maximum absolute atomic E-state index is 9.60. The topological polar surface area (TPSA) is 60.2 Å². The zero-order valence-corrected chi connectivity index (χ0v) is 8.61. The summed E-state index contributed by atoms with van der Waals surface area (Å²) in [4.78, 5) is 0. The lowest BCUT2D eigenvalue weighted by Crippen LogP contribution is -2.13. The van der Waals surface area contributed by atoms with Gasteiger partial charge in [-0.15, -0.1) is 5.10 Å². The number of rotatable bonds is 5. The number of ether oxygens (including phenoxy) is 1. The molecule has 0 aliphatic carbocycles. The summed E-state index contributed by atoms with van der Waals surface area (Å²) in [5.74, 6) is 0. The monoisotopic (exact) mass is 217 g/mol. The molecule has 5 nitrogen and oxygen atoms in total. The predicted molar refractivity (Wildman–Crippen MR) is 51.9 cm³/mol. The molecule has 1 aromatic heterocycles. The highest BCUT2D eigenvalue weighted by atomic mass is 35.5. The van der Waals surface area contributed by atoms with E-state index in [9.17, 15) is 5.11 Å². The third-order valence-corrected chi connectivity index (χ3v) is 1.75. The fourth-order valence-electron chi connectivity index (χ4n) is 1.05. The molecule has 1 heterocycles. The molecule has 0 saturated heterocycles. The molecule has 0 unspecified atom stereocenters. The van der Waals surface area contributed by atoms with Gasteiger partial charge in [0.15, 0.2) is 0 Å². The van der Waals surface area contributed by atoms with E-state index < -0.39 is 6.10 Å². The fraction of sp³-hybridized carbons (Fsp3) is 0.500. The van der Waals surface area contributed by atoms with Crippen LogP contribution in [0.2, 0.25) is 0 Å². The molecule has 0 aliphatic rings. The van der Waals surface area contributed by atoms with Gasteiger partial charge in [0.05, 0.1) is 25.0 Å². The van der Waals surface area contributed by atoms with E-state index in [0.29, 0.717) is 17.3 Å². The Morgan fingerprint density at radius 3 is 3.14 bits per heavy atom. The van der Waals surface area contributed by atoms with E-state index in [-0.39, 0.29) is 6.61 Å². The van der Waals surface area contributed by atoms with Crippen LogP contribution < -0.4 is 0 Å². The van der Waals surface area contributed by atoms with E-state index in [1.54, 1.807) is 0 Å². The Labute approximate surface area is 86.9 Å². The van der Waals surface area contributed by atoms with Gasteiger partial charge in [0, 0.05) is 12.1 Å². The maximum atomic E-state index is 9.60. The minimum atomic E-state index is -0.744. The van der Waals surface area contributed by atoms with Crippen LogP contribution in [0.4, 0.5) is 0 Å². The van der Waals surface area contributed by atoms with E-state index in [1.165, 1.54) is 18.0 Å². The molecule has 1 rings (SSSR count).